The summed E-state index contributed by atoms with van der Waals surface area (Å²) in [4.78, 5) is 52.1. The second kappa shape index (κ2) is 55.5. The molecule has 4 amide bonds. The summed E-state index contributed by atoms with van der Waals surface area (Å²) in [6.07, 6.45) is -22.8. The highest BCUT2D eigenvalue weighted by Crippen LogP contribution is 2.43. The number of ether oxygens (including phenoxy) is 12. The molecule has 39 nitrogen and oxygen atoms in total. The molecule has 0 aromatic rings. The van der Waals surface area contributed by atoms with Gasteiger partial charge in [-0.3, -0.25) is 19.2 Å². The Bertz CT molecular complexity index is 2980. The molecule has 0 aromatic carbocycles. The summed E-state index contributed by atoms with van der Waals surface area (Å²) in [6, 6.07) is -6.06. The van der Waals surface area contributed by atoms with E-state index in [9.17, 15) is 116 Å². The lowest BCUT2D eigenvalue weighted by atomic mass is 9.88. The topological polar surface area (TPSA) is 612 Å². The van der Waals surface area contributed by atoms with Gasteiger partial charge in [-0.1, -0.05) is 180 Å². The number of hydrogen-bond donors (Lipinski definition) is 23. The van der Waals surface area contributed by atoms with Crippen LogP contribution in [-0.2, 0) is 76.0 Å². The second-order valence-electron chi connectivity index (χ2n) is 34.4. The first-order valence-electron chi connectivity index (χ1n) is 44.9. The molecule has 6 rings (SSSR count). The molecule has 23 N–H and O–H groups in total. The minimum Gasteiger partial charge on any atom is -0.394 e. The first-order valence-corrected chi connectivity index (χ1v) is 44.9. The fourth-order valence-corrected chi connectivity index (χ4v) is 17.0. The van der Waals surface area contributed by atoms with Crippen LogP contribution in [0.25, 0.3) is 0 Å². The van der Waals surface area contributed by atoms with E-state index in [0.717, 1.165) is 85.5 Å². The van der Waals surface area contributed by atoms with Crippen LogP contribution in [0.15, 0.2) is 12.2 Å². The predicted octanol–water partition coefficient (Wildman–Crippen LogP) is -2.00. The van der Waals surface area contributed by atoms with Gasteiger partial charge in [-0.05, 0) is 33.1 Å². The van der Waals surface area contributed by atoms with Crippen LogP contribution in [0.2, 0.25) is 0 Å². The highest BCUT2D eigenvalue weighted by molar-refractivity contribution is 5.76. The first-order chi connectivity index (χ1) is 58.7. The largest absolute Gasteiger partial charge is 0.394 e. The summed E-state index contributed by atoms with van der Waals surface area (Å²) in [5.74, 6) is -7.35. The molecule has 6 aliphatic rings. The monoisotopic (exact) mass is 1780 g/mol. The standard InChI is InChI=1S/C84H152N4O35/c1-8-10-12-14-16-18-20-22-23-25-27-29-31-33-35-37-60(103)88-50(51(98)36-34-32-30-28-26-24-21-19-17-15-13-11-9-2)46-112-80-69(109)68(108)72(58(44-93)115-80)117-82-71(111)78(123-84(7)39-53(100)62(86-48(4)96)76(121-84)65(105)55(102)41-90)73(59(45-94)116-82)118-79-63(87-49(5)97)74(66(106)56(42-91)113-79)119-81-70(110)77(67(107)57(43-92)114-81)122-83(6)38-52(99)61(85-47(3)95)75(120-83)64(104)54(101)40-89/h34,36,50-59,61-82,89-94,98-102,104-111H,8-33,35,37-46H2,1-7H3,(H,85,95)(H,86,96)(H,87,97)(H,88,103)/b36-34+/t50?,51?,52?,53?,54-,55-,56?,57?,58?,59?,61?,62?,63?,64-,65-,66?,67?,68?,69?,70?,71?,72?,73?,74?,75?,76?,77?,78?,79?,80?,81?,82?,83?,84?/m1/s1. The normalized spacial score (nSPS) is 36.0. The minimum atomic E-state index is -2.38. The van der Waals surface area contributed by atoms with Crippen LogP contribution in [0.1, 0.15) is 241 Å². The van der Waals surface area contributed by atoms with E-state index in [1.54, 1.807) is 6.08 Å². The van der Waals surface area contributed by atoms with Gasteiger partial charge in [0, 0.05) is 40.0 Å². The molecule has 6 fully saturated rings. The molecular weight excluding hydrogens is 1620 g/mol. The van der Waals surface area contributed by atoms with E-state index < -0.39 is 284 Å². The highest BCUT2D eigenvalue weighted by atomic mass is 16.8. The van der Waals surface area contributed by atoms with Crippen LogP contribution in [0.3, 0.4) is 0 Å². The molecule has 0 aliphatic carbocycles. The molecule has 0 bridgehead atoms. The third-order valence-corrected chi connectivity index (χ3v) is 23.9. The van der Waals surface area contributed by atoms with Crippen molar-refractivity contribution in [2.45, 2.75) is 448 Å². The first kappa shape index (κ1) is 108. The fraction of sp³-hybridized carbons (Fsp3) is 0.929. The Kier molecular flexibility index (Phi) is 48.8. The molecule has 6 saturated heterocycles. The number of rotatable bonds is 57. The molecule has 0 radical (unpaired) electrons. The molecule has 6 aliphatic heterocycles. The average molecular weight is 1780 g/mol. The summed E-state index contributed by atoms with van der Waals surface area (Å²) >= 11 is 0. The van der Waals surface area contributed by atoms with Crippen molar-refractivity contribution in [3.63, 3.8) is 0 Å². The smallest absolute Gasteiger partial charge is 0.220 e. The van der Waals surface area contributed by atoms with Crippen molar-refractivity contribution >= 4 is 23.6 Å². The van der Waals surface area contributed by atoms with E-state index in [0.29, 0.717) is 12.8 Å². The van der Waals surface area contributed by atoms with Gasteiger partial charge >= 0.3 is 0 Å². The Morgan fingerprint density at radius 2 is 0.780 bits per heavy atom. The van der Waals surface area contributed by atoms with Crippen LogP contribution >= 0.6 is 0 Å². The molecule has 123 heavy (non-hydrogen) atoms. The highest BCUT2D eigenvalue weighted by Gasteiger charge is 2.61. The van der Waals surface area contributed by atoms with E-state index in [1.807, 2.05) is 6.08 Å². The third kappa shape index (κ3) is 33.3. The Balaban J connectivity index is 1.26. The number of hydrogen-bond acceptors (Lipinski definition) is 35. The summed E-state index contributed by atoms with van der Waals surface area (Å²) in [5.41, 5.74) is 0. The van der Waals surface area contributed by atoms with Crippen LogP contribution in [0.5, 0.6) is 0 Å². The van der Waals surface area contributed by atoms with Crippen LogP contribution in [-0.4, -0.2) is 374 Å². The van der Waals surface area contributed by atoms with Crippen molar-refractivity contribution in [1.29, 1.82) is 0 Å². The van der Waals surface area contributed by atoms with Crippen molar-refractivity contribution in [2.75, 3.05) is 46.2 Å². The number of allylic oxidation sites excluding steroid dienone is 1. The quantitative estimate of drug-likeness (QED) is 0.0231. The number of aliphatic hydroxyl groups is 19. The van der Waals surface area contributed by atoms with Crippen molar-refractivity contribution in [2.24, 2.45) is 0 Å². The zero-order valence-electron chi connectivity index (χ0n) is 72.8. The number of carbonyl (C=O) groups is 4. The van der Waals surface area contributed by atoms with Crippen molar-refractivity contribution in [3.8, 4) is 0 Å². The maximum absolute atomic E-state index is 13.7. The number of amides is 4. The molecule has 0 saturated carbocycles. The lowest BCUT2D eigenvalue weighted by Crippen LogP contribution is -2.71. The van der Waals surface area contributed by atoms with Crippen molar-refractivity contribution in [3.05, 3.63) is 12.2 Å². The van der Waals surface area contributed by atoms with Gasteiger partial charge in [0.1, 0.15) is 134 Å². The molecule has 6 heterocycles. The van der Waals surface area contributed by atoms with Gasteiger partial charge < -0.3 is 175 Å². The summed E-state index contributed by atoms with van der Waals surface area (Å²) in [6.45, 7) is 2.93. The molecule has 39 heteroatoms. The number of nitrogens with one attached hydrogen (secondary N) is 4. The van der Waals surface area contributed by atoms with Crippen LogP contribution in [0.4, 0.5) is 0 Å². The van der Waals surface area contributed by atoms with Crippen LogP contribution in [0, 0.1) is 0 Å². The van der Waals surface area contributed by atoms with Gasteiger partial charge in [0.05, 0.1) is 82.7 Å². The van der Waals surface area contributed by atoms with E-state index in [4.69, 9.17) is 56.8 Å². The molecule has 718 valence electrons. The number of aliphatic hydroxyl groups excluding tert-OH is 19. The van der Waals surface area contributed by atoms with Gasteiger partial charge in [-0.2, -0.15) is 0 Å². The Morgan fingerprint density at radius 1 is 0.415 bits per heavy atom. The predicted molar refractivity (Wildman–Crippen MR) is 436 cm³/mol. The Labute approximate surface area is 722 Å². The average Bonchev–Trinajstić information content (AvgIpc) is 0.759. The fourth-order valence-electron chi connectivity index (χ4n) is 17.0. The van der Waals surface area contributed by atoms with E-state index in [2.05, 4.69) is 35.1 Å². The minimum absolute atomic E-state index is 0.138. The SMILES string of the molecule is CCCCCCCCCCCCC/C=C/C(O)C(COC1OC(CO)C(OC2OC(CO)C(OC3OC(CO)C(O)C(OC4OC(CO)C(O)C(OC5(C)CC(O)C(NC(C)=O)C([C@H](O)[C@H](O)CO)O5)C4O)C3NC(C)=O)C(OC3(C)CC(O)C(NC(C)=O)C([C@H](O)[C@H](O)CO)O3)C2O)C(O)C1O)NC(=O)CCCCCCCCCCCCCCCCC. The second-order valence-corrected chi connectivity index (χ2v) is 34.4. The summed E-state index contributed by atoms with van der Waals surface area (Å²) < 4.78 is 74.7. The van der Waals surface area contributed by atoms with Crippen molar-refractivity contribution in [1.82, 2.24) is 21.3 Å². The molecule has 30 unspecified atom stereocenters. The van der Waals surface area contributed by atoms with Gasteiger partial charge in [-0.25, -0.2) is 0 Å². The summed E-state index contributed by atoms with van der Waals surface area (Å²) in [5, 5.41) is 226. The lowest BCUT2D eigenvalue weighted by molar-refractivity contribution is -0.407. The van der Waals surface area contributed by atoms with Crippen LogP contribution < -0.4 is 21.3 Å². The van der Waals surface area contributed by atoms with Gasteiger partial charge in [0.15, 0.2) is 36.7 Å². The maximum Gasteiger partial charge on any atom is 0.220 e. The van der Waals surface area contributed by atoms with E-state index >= 15 is 0 Å². The van der Waals surface area contributed by atoms with Gasteiger partial charge in [0.25, 0.3) is 0 Å². The molecule has 0 spiro atoms. The van der Waals surface area contributed by atoms with E-state index in [-0.39, 0.29) is 12.3 Å². The molecule has 0 aromatic heterocycles. The number of unbranched alkanes of at least 4 members (excludes halogenated alkanes) is 25. The number of carbonyl (C=O) groups excluding carboxylic acids is 4. The lowest BCUT2D eigenvalue weighted by Gasteiger charge is -2.53. The third-order valence-electron chi connectivity index (χ3n) is 23.9. The molecule has 34 atom stereocenters. The summed E-state index contributed by atoms with van der Waals surface area (Å²) in [7, 11) is 0. The Morgan fingerprint density at radius 3 is 1.22 bits per heavy atom. The van der Waals surface area contributed by atoms with Gasteiger partial charge in [-0.15, -0.1) is 0 Å². The maximum atomic E-state index is 13.7. The zero-order chi connectivity index (χ0) is 90.7. The Hall–Kier alpha value is -3.62. The zero-order valence-corrected chi connectivity index (χ0v) is 72.8. The molecular formula is C84H152N4O35. The van der Waals surface area contributed by atoms with E-state index in [1.165, 1.54) is 110 Å². The van der Waals surface area contributed by atoms with Crippen molar-refractivity contribution < 1.29 is 173 Å². The van der Waals surface area contributed by atoms with Gasteiger partial charge in [0.2, 0.25) is 23.6 Å².